The first-order chi connectivity index (χ1) is 6.64. The van der Waals surface area contributed by atoms with Crippen molar-refractivity contribution < 1.29 is 0 Å². The van der Waals surface area contributed by atoms with E-state index in [-0.39, 0.29) is 0 Å². The first kappa shape index (κ1) is 10.4. The molecule has 2 aliphatic heterocycles. The third-order valence-corrected chi connectivity index (χ3v) is 4.63. The average molecular weight is 196 g/mol. The van der Waals surface area contributed by atoms with Gasteiger partial charge in [-0.2, -0.15) is 0 Å². The zero-order valence-corrected chi connectivity index (χ0v) is 9.77. The second-order valence-corrected chi connectivity index (χ2v) is 5.60. The molecule has 0 aliphatic carbocycles. The summed E-state index contributed by atoms with van der Waals surface area (Å²) in [6.45, 7) is 10.9. The standard InChI is InChI=1S/C12H24N2/c1-9(2)12(3)5-7-13-8-10-4-6-14-11(10)12/h9-11,13-14H,4-8H2,1-3H3. The molecular weight excluding hydrogens is 172 g/mol. The Kier molecular flexibility index (Phi) is 2.85. The Balaban J connectivity index is 2.20. The normalized spacial score (nSPS) is 43.7. The molecule has 2 heterocycles. The van der Waals surface area contributed by atoms with Crippen molar-refractivity contribution in [3.05, 3.63) is 0 Å². The number of rotatable bonds is 1. The first-order valence-electron chi connectivity index (χ1n) is 6.08. The molecule has 3 unspecified atom stereocenters. The number of hydrogen-bond acceptors (Lipinski definition) is 2. The Morgan fingerprint density at radius 2 is 2.07 bits per heavy atom. The predicted octanol–water partition coefficient (Wildman–Crippen LogP) is 1.62. The van der Waals surface area contributed by atoms with E-state index >= 15 is 0 Å². The van der Waals surface area contributed by atoms with Crippen molar-refractivity contribution >= 4 is 0 Å². The van der Waals surface area contributed by atoms with Gasteiger partial charge in [-0.15, -0.1) is 0 Å². The van der Waals surface area contributed by atoms with Gasteiger partial charge in [0.05, 0.1) is 0 Å². The van der Waals surface area contributed by atoms with Crippen LogP contribution in [0, 0.1) is 17.3 Å². The molecule has 0 amide bonds. The molecule has 0 aromatic rings. The van der Waals surface area contributed by atoms with Crippen molar-refractivity contribution in [3.63, 3.8) is 0 Å². The SMILES string of the molecule is CC(C)C1(C)CCNCC2CCNC21. The van der Waals surface area contributed by atoms with Gasteiger partial charge in [0.25, 0.3) is 0 Å². The van der Waals surface area contributed by atoms with Crippen LogP contribution in [0.3, 0.4) is 0 Å². The summed E-state index contributed by atoms with van der Waals surface area (Å²) in [4.78, 5) is 0. The third-order valence-electron chi connectivity index (χ3n) is 4.63. The van der Waals surface area contributed by atoms with Crippen LogP contribution in [0.1, 0.15) is 33.6 Å². The van der Waals surface area contributed by atoms with Crippen LogP contribution in [-0.4, -0.2) is 25.7 Å². The van der Waals surface area contributed by atoms with Gasteiger partial charge < -0.3 is 10.6 Å². The predicted molar refractivity (Wildman–Crippen MR) is 60.3 cm³/mol. The van der Waals surface area contributed by atoms with Crippen LogP contribution in [-0.2, 0) is 0 Å². The molecule has 14 heavy (non-hydrogen) atoms. The van der Waals surface area contributed by atoms with Crippen LogP contribution < -0.4 is 10.6 Å². The fraction of sp³-hybridized carbons (Fsp3) is 1.00. The molecule has 0 aromatic carbocycles. The zero-order valence-electron chi connectivity index (χ0n) is 9.77. The van der Waals surface area contributed by atoms with E-state index in [4.69, 9.17) is 0 Å². The Morgan fingerprint density at radius 1 is 1.29 bits per heavy atom. The van der Waals surface area contributed by atoms with Gasteiger partial charge in [-0.1, -0.05) is 20.8 Å². The van der Waals surface area contributed by atoms with Crippen LogP contribution in [0.4, 0.5) is 0 Å². The molecule has 0 bridgehead atoms. The molecule has 2 nitrogen and oxygen atoms in total. The molecule has 2 N–H and O–H groups in total. The highest BCUT2D eigenvalue weighted by Gasteiger charge is 2.44. The van der Waals surface area contributed by atoms with E-state index in [9.17, 15) is 0 Å². The van der Waals surface area contributed by atoms with E-state index in [1.165, 1.54) is 32.5 Å². The molecule has 0 spiro atoms. The summed E-state index contributed by atoms with van der Waals surface area (Å²) >= 11 is 0. The van der Waals surface area contributed by atoms with E-state index in [0.717, 1.165) is 17.9 Å². The van der Waals surface area contributed by atoms with Gasteiger partial charge in [0.1, 0.15) is 0 Å². The molecule has 82 valence electrons. The highest BCUT2D eigenvalue weighted by atomic mass is 15.0. The van der Waals surface area contributed by atoms with Crippen LogP contribution >= 0.6 is 0 Å². The van der Waals surface area contributed by atoms with Gasteiger partial charge in [-0.3, -0.25) is 0 Å². The molecule has 3 atom stereocenters. The molecule has 2 saturated heterocycles. The summed E-state index contributed by atoms with van der Waals surface area (Å²) in [6, 6.07) is 0.748. The van der Waals surface area contributed by atoms with Crippen molar-refractivity contribution in [2.24, 2.45) is 17.3 Å². The van der Waals surface area contributed by atoms with Crippen LogP contribution in [0.2, 0.25) is 0 Å². The van der Waals surface area contributed by atoms with Gasteiger partial charge in [0, 0.05) is 6.04 Å². The topological polar surface area (TPSA) is 24.1 Å². The molecule has 2 fully saturated rings. The minimum absolute atomic E-state index is 0.491. The van der Waals surface area contributed by atoms with Gasteiger partial charge in [0.2, 0.25) is 0 Å². The van der Waals surface area contributed by atoms with Gasteiger partial charge >= 0.3 is 0 Å². The van der Waals surface area contributed by atoms with E-state index in [1.54, 1.807) is 0 Å². The van der Waals surface area contributed by atoms with Crippen LogP contribution in [0.15, 0.2) is 0 Å². The molecule has 0 aromatic heterocycles. The highest BCUT2D eigenvalue weighted by Crippen LogP contribution is 2.41. The summed E-state index contributed by atoms with van der Waals surface area (Å²) in [7, 11) is 0. The van der Waals surface area contributed by atoms with Crippen LogP contribution in [0.5, 0.6) is 0 Å². The Morgan fingerprint density at radius 3 is 2.79 bits per heavy atom. The Labute approximate surface area is 87.8 Å². The largest absolute Gasteiger partial charge is 0.316 e. The van der Waals surface area contributed by atoms with Crippen molar-refractivity contribution in [1.82, 2.24) is 10.6 Å². The second-order valence-electron chi connectivity index (χ2n) is 5.60. The second kappa shape index (κ2) is 3.82. The lowest BCUT2D eigenvalue weighted by Gasteiger charge is -2.40. The van der Waals surface area contributed by atoms with Crippen molar-refractivity contribution in [3.8, 4) is 0 Å². The number of nitrogens with one attached hydrogen (secondary N) is 2. The molecule has 2 rings (SSSR count). The number of fused-ring (bicyclic) bond motifs is 1. The van der Waals surface area contributed by atoms with Crippen molar-refractivity contribution in [2.75, 3.05) is 19.6 Å². The summed E-state index contributed by atoms with van der Waals surface area (Å²) in [5.41, 5.74) is 0.491. The molecule has 0 saturated carbocycles. The molecule has 0 radical (unpaired) electrons. The Hall–Kier alpha value is -0.0800. The monoisotopic (exact) mass is 196 g/mol. The lowest BCUT2D eigenvalue weighted by atomic mass is 9.68. The van der Waals surface area contributed by atoms with E-state index in [0.29, 0.717) is 5.41 Å². The molecule has 2 heteroatoms. The molecular formula is C12H24N2. The zero-order chi connectivity index (χ0) is 10.2. The minimum atomic E-state index is 0.491. The molecule has 2 aliphatic rings. The maximum Gasteiger partial charge on any atom is 0.0165 e. The minimum Gasteiger partial charge on any atom is -0.316 e. The van der Waals surface area contributed by atoms with Gasteiger partial charge in [-0.05, 0) is 49.7 Å². The van der Waals surface area contributed by atoms with E-state index in [2.05, 4.69) is 31.4 Å². The van der Waals surface area contributed by atoms with Crippen molar-refractivity contribution in [2.45, 2.75) is 39.7 Å². The smallest absolute Gasteiger partial charge is 0.0165 e. The fourth-order valence-corrected chi connectivity index (χ4v) is 3.20. The highest BCUT2D eigenvalue weighted by molar-refractivity contribution is 5.00. The maximum atomic E-state index is 3.73. The summed E-state index contributed by atoms with van der Waals surface area (Å²) < 4.78 is 0. The quantitative estimate of drug-likeness (QED) is 0.666. The van der Waals surface area contributed by atoms with E-state index < -0.39 is 0 Å². The first-order valence-corrected chi connectivity index (χ1v) is 6.08. The number of hydrogen-bond donors (Lipinski definition) is 2. The van der Waals surface area contributed by atoms with Crippen molar-refractivity contribution in [1.29, 1.82) is 0 Å². The average Bonchev–Trinajstić information content (AvgIpc) is 2.54. The Bertz CT molecular complexity index is 202. The van der Waals surface area contributed by atoms with E-state index in [1.807, 2.05) is 0 Å². The van der Waals surface area contributed by atoms with Gasteiger partial charge in [0.15, 0.2) is 0 Å². The fourth-order valence-electron chi connectivity index (χ4n) is 3.20. The van der Waals surface area contributed by atoms with Gasteiger partial charge in [-0.25, -0.2) is 0 Å². The summed E-state index contributed by atoms with van der Waals surface area (Å²) in [5.74, 6) is 1.64. The third kappa shape index (κ3) is 1.59. The van der Waals surface area contributed by atoms with Crippen LogP contribution in [0.25, 0.3) is 0 Å². The summed E-state index contributed by atoms with van der Waals surface area (Å²) in [6.07, 6.45) is 2.68. The lowest BCUT2D eigenvalue weighted by Crippen LogP contribution is -2.46. The maximum absolute atomic E-state index is 3.73. The lowest BCUT2D eigenvalue weighted by molar-refractivity contribution is 0.128. The summed E-state index contributed by atoms with van der Waals surface area (Å²) in [5, 5.41) is 7.32.